The van der Waals surface area contributed by atoms with E-state index in [1.807, 2.05) is 71.5 Å². The molecular weight excluding hydrogens is 366 g/mol. The number of hydrogen-bond acceptors (Lipinski definition) is 4. The van der Waals surface area contributed by atoms with E-state index in [0.29, 0.717) is 6.54 Å². The number of nitrogens with one attached hydrogen (secondary N) is 1. The molecule has 0 saturated carbocycles. The van der Waals surface area contributed by atoms with Crippen molar-refractivity contribution >= 4 is 5.91 Å². The quantitative estimate of drug-likeness (QED) is 0.573. The van der Waals surface area contributed by atoms with Crippen molar-refractivity contribution in [1.29, 1.82) is 0 Å². The third-order valence-electron chi connectivity index (χ3n) is 4.51. The number of carbonyl (C=O) groups is 1. The molecule has 0 bridgehead atoms. The summed E-state index contributed by atoms with van der Waals surface area (Å²) in [6.07, 6.45) is 1.93. The molecule has 0 radical (unpaired) electrons. The first-order chi connectivity index (χ1) is 14.1. The van der Waals surface area contributed by atoms with Crippen LogP contribution in [0.3, 0.4) is 0 Å². The van der Waals surface area contributed by atoms with Gasteiger partial charge in [-0.1, -0.05) is 48.5 Å². The molecule has 0 aliphatic rings. The van der Waals surface area contributed by atoms with Crippen molar-refractivity contribution in [2.75, 3.05) is 7.05 Å². The van der Waals surface area contributed by atoms with Gasteiger partial charge >= 0.3 is 0 Å². The number of H-pyrrole nitrogens is 1. The SMILES string of the molecule is CN(Cc1cn(-c2ccccc2)nc1-c1ccccc1)C(=O)c1ccc(=O)[nH]n1. The minimum absolute atomic E-state index is 0.184. The number of rotatable bonds is 5. The van der Waals surface area contributed by atoms with E-state index >= 15 is 0 Å². The standard InChI is InChI=1S/C22H19N5O2/c1-26(22(29)19-12-13-20(28)24-23-19)14-17-15-27(18-10-6-3-7-11-18)25-21(17)16-8-4-2-5-9-16/h2-13,15H,14H2,1H3,(H,24,28). The largest absolute Gasteiger partial charge is 0.336 e. The van der Waals surface area contributed by atoms with Crippen molar-refractivity contribution in [1.82, 2.24) is 24.9 Å². The van der Waals surface area contributed by atoms with Gasteiger partial charge in [0.25, 0.3) is 11.5 Å². The van der Waals surface area contributed by atoms with Gasteiger partial charge in [0.15, 0.2) is 0 Å². The summed E-state index contributed by atoms with van der Waals surface area (Å²) in [7, 11) is 1.70. The van der Waals surface area contributed by atoms with Crippen LogP contribution in [0, 0.1) is 0 Å². The maximum absolute atomic E-state index is 12.7. The number of para-hydroxylation sites is 1. The zero-order chi connectivity index (χ0) is 20.2. The lowest BCUT2D eigenvalue weighted by molar-refractivity contribution is 0.0778. The molecule has 1 N–H and O–H groups in total. The van der Waals surface area contributed by atoms with Crippen LogP contribution in [0.1, 0.15) is 16.1 Å². The second-order valence-corrected chi connectivity index (χ2v) is 6.62. The minimum atomic E-state index is -0.347. The maximum atomic E-state index is 12.7. The Morgan fingerprint density at radius 2 is 1.69 bits per heavy atom. The Morgan fingerprint density at radius 3 is 2.34 bits per heavy atom. The zero-order valence-electron chi connectivity index (χ0n) is 15.8. The van der Waals surface area contributed by atoms with E-state index in [1.165, 1.54) is 12.1 Å². The molecule has 4 aromatic rings. The molecule has 2 aromatic carbocycles. The minimum Gasteiger partial charge on any atom is -0.336 e. The van der Waals surface area contributed by atoms with Gasteiger partial charge in [0.05, 0.1) is 11.4 Å². The van der Waals surface area contributed by atoms with Gasteiger partial charge in [0.1, 0.15) is 5.69 Å². The Hall–Kier alpha value is -4.00. The van der Waals surface area contributed by atoms with Crippen LogP contribution in [-0.2, 0) is 6.54 Å². The smallest absolute Gasteiger partial charge is 0.274 e. The summed E-state index contributed by atoms with van der Waals surface area (Å²) in [5.74, 6) is -0.285. The molecule has 7 heteroatoms. The maximum Gasteiger partial charge on any atom is 0.274 e. The highest BCUT2D eigenvalue weighted by Crippen LogP contribution is 2.25. The van der Waals surface area contributed by atoms with Gasteiger partial charge in [-0.05, 0) is 18.2 Å². The summed E-state index contributed by atoms with van der Waals surface area (Å²) >= 11 is 0. The molecule has 4 rings (SSSR count). The molecule has 1 amide bonds. The average molecular weight is 385 g/mol. The van der Waals surface area contributed by atoms with Crippen LogP contribution < -0.4 is 5.56 Å². The molecule has 0 unspecified atom stereocenters. The molecule has 0 fully saturated rings. The first kappa shape index (κ1) is 18.4. The summed E-state index contributed by atoms with van der Waals surface area (Å²) in [6.45, 7) is 0.344. The van der Waals surface area contributed by atoms with Crippen molar-refractivity contribution in [3.8, 4) is 16.9 Å². The van der Waals surface area contributed by atoms with E-state index in [2.05, 4.69) is 10.2 Å². The Bertz CT molecular complexity index is 1160. The molecular formula is C22H19N5O2. The molecule has 0 saturated heterocycles. The predicted molar refractivity (Wildman–Crippen MR) is 110 cm³/mol. The van der Waals surface area contributed by atoms with Crippen molar-refractivity contribution in [3.05, 3.63) is 101 Å². The fraction of sp³-hybridized carbons (Fsp3) is 0.0909. The highest BCUT2D eigenvalue weighted by Gasteiger charge is 2.18. The van der Waals surface area contributed by atoms with Crippen molar-refractivity contribution < 1.29 is 4.79 Å². The van der Waals surface area contributed by atoms with E-state index in [1.54, 1.807) is 11.9 Å². The number of aromatic nitrogens is 4. The number of aromatic amines is 1. The van der Waals surface area contributed by atoms with Crippen LogP contribution in [-0.4, -0.2) is 37.8 Å². The topological polar surface area (TPSA) is 83.9 Å². The fourth-order valence-electron chi connectivity index (χ4n) is 3.06. The summed E-state index contributed by atoms with van der Waals surface area (Å²) in [4.78, 5) is 25.4. The predicted octanol–water partition coefficient (Wildman–Crippen LogP) is 2.89. The Morgan fingerprint density at radius 1 is 1.00 bits per heavy atom. The average Bonchev–Trinajstić information content (AvgIpc) is 3.19. The molecule has 0 aliphatic carbocycles. The highest BCUT2D eigenvalue weighted by molar-refractivity contribution is 5.91. The summed E-state index contributed by atoms with van der Waals surface area (Å²) in [6, 6.07) is 22.4. The van der Waals surface area contributed by atoms with Crippen LogP contribution in [0.25, 0.3) is 16.9 Å². The molecule has 2 heterocycles. The molecule has 29 heavy (non-hydrogen) atoms. The molecule has 0 spiro atoms. The third kappa shape index (κ3) is 3.98. The van der Waals surface area contributed by atoms with Crippen LogP contribution in [0.2, 0.25) is 0 Å². The van der Waals surface area contributed by atoms with Crippen LogP contribution in [0.5, 0.6) is 0 Å². The van der Waals surface area contributed by atoms with Gasteiger partial charge in [0.2, 0.25) is 0 Å². The van der Waals surface area contributed by atoms with Gasteiger partial charge in [-0.25, -0.2) is 9.78 Å². The summed E-state index contributed by atoms with van der Waals surface area (Å²) in [5.41, 5.74) is 3.46. The first-order valence-electron chi connectivity index (χ1n) is 9.12. The van der Waals surface area contributed by atoms with Crippen molar-refractivity contribution in [2.45, 2.75) is 6.54 Å². The number of benzene rings is 2. The molecule has 144 valence electrons. The Kier molecular flexibility index (Phi) is 5.03. The molecule has 2 aromatic heterocycles. The van der Waals surface area contributed by atoms with E-state index in [9.17, 15) is 9.59 Å². The highest BCUT2D eigenvalue weighted by atomic mass is 16.2. The third-order valence-corrected chi connectivity index (χ3v) is 4.51. The van der Waals surface area contributed by atoms with Crippen molar-refractivity contribution in [2.24, 2.45) is 0 Å². The lowest BCUT2D eigenvalue weighted by atomic mass is 10.1. The number of amides is 1. The number of nitrogens with zero attached hydrogens (tertiary/aromatic N) is 4. The number of carbonyl (C=O) groups excluding carboxylic acids is 1. The molecule has 0 atom stereocenters. The monoisotopic (exact) mass is 385 g/mol. The lowest BCUT2D eigenvalue weighted by Crippen LogP contribution is -2.28. The molecule has 7 nitrogen and oxygen atoms in total. The fourth-order valence-corrected chi connectivity index (χ4v) is 3.06. The van der Waals surface area contributed by atoms with E-state index in [-0.39, 0.29) is 17.2 Å². The Balaban J connectivity index is 1.68. The zero-order valence-corrected chi connectivity index (χ0v) is 15.8. The van der Waals surface area contributed by atoms with Gasteiger partial charge in [-0.3, -0.25) is 9.59 Å². The second-order valence-electron chi connectivity index (χ2n) is 6.62. The van der Waals surface area contributed by atoms with Gasteiger partial charge in [-0.2, -0.15) is 10.2 Å². The van der Waals surface area contributed by atoms with Crippen LogP contribution in [0.4, 0.5) is 0 Å². The van der Waals surface area contributed by atoms with Gasteiger partial charge < -0.3 is 4.90 Å². The van der Waals surface area contributed by atoms with Crippen molar-refractivity contribution in [3.63, 3.8) is 0 Å². The lowest BCUT2D eigenvalue weighted by Gasteiger charge is -2.16. The second kappa shape index (κ2) is 7.93. The van der Waals surface area contributed by atoms with Gasteiger partial charge in [-0.15, -0.1) is 0 Å². The van der Waals surface area contributed by atoms with E-state index < -0.39 is 0 Å². The number of hydrogen-bond donors (Lipinski definition) is 1. The van der Waals surface area contributed by atoms with Gasteiger partial charge in [0, 0.05) is 37.0 Å². The normalized spacial score (nSPS) is 10.7. The first-order valence-corrected chi connectivity index (χ1v) is 9.12. The van der Waals surface area contributed by atoms with E-state index in [4.69, 9.17) is 5.10 Å². The Labute approximate surface area is 167 Å². The molecule has 0 aliphatic heterocycles. The van der Waals surface area contributed by atoms with E-state index in [0.717, 1.165) is 22.5 Å². The van der Waals surface area contributed by atoms with Crippen LogP contribution >= 0.6 is 0 Å². The summed E-state index contributed by atoms with van der Waals surface area (Å²) < 4.78 is 1.81. The van der Waals surface area contributed by atoms with Crippen LogP contribution in [0.15, 0.2) is 83.8 Å². The summed E-state index contributed by atoms with van der Waals surface area (Å²) in [5, 5.41) is 10.9.